The Morgan fingerprint density at radius 1 is 1.24 bits per heavy atom. The highest BCUT2D eigenvalue weighted by Crippen LogP contribution is 2.46. The molecule has 156 valence electrons. The predicted molar refractivity (Wildman–Crippen MR) is 117 cm³/mol. The summed E-state index contributed by atoms with van der Waals surface area (Å²) in [5.74, 6) is 0.858. The zero-order chi connectivity index (χ0) is 20.1. The second kappa shape index (κ2) is 7.60. The monoisotopic (exact) mass is 460 g/mol. The Bertz CT molecular complexity index is 921. The van der Waals surface area contributed by atoms with E-state index in [1.807, 2.05) is 4.90 Å². The lowest BCUT2D eigenvalue weighted by Gasteiger charge is -2.45. The van der Waals surface area contributed by atoms with E-state index >= 15 is 0 Å². The van der Waals surface area contributed by atoms with Gasteiger partial charge in [0.25, 0.3) is 0 Å². The fourth-order valence-corrected chi connectivity index (χ4v) is 6.06. The van der Waals surface area contributed by atoms with Crippen molar-refractivity contribution in [2.24, 2.45) is 5.92 Å². The molecule has 1 unspecified atom stereocenters. The van der Waals surface area contributed by atoms with Crippen LogP contribution in [-0.4, -0.2) is 85.2 Å². The first-order valence-electron chi connectivity index (χ1n) is 10.6. The molecule has 0 bridgehead atoms. The standard InChI is InChI=1S/C22H29BrN4O2/c1-25-6-8-27(9-7-25)22(28)29-13-14-10-16-15-4-3-5-18-20(15)17(21(23)24-18)11-19(16)26(2)12-14/h3-5,14,16,19,24H,6-13H2,1-2H3/t14-,16?,19-/m1/s1. The molecule has 0 saturated carbocycles. The number of likely N-dealkylation sites (N-methyl/N-ethyl adjacent to an activating group) is 2. The molecule has 2 aromatic rings. The molecule has 1 amide bonds. The van der Waals surface area contributed by atoms with E-state index in [1.165, 1.54) is 22.0 Å². The summed E-state index contributed by atoms with van der Waals surface area (Å²) < 4.78 is 6.88. The van der Waals surface area contributed by atoms with Crippen molar-refractivity contribution >= 4 is 32.9 Å². The van der Waals surface area contributed by atoms with Crippen molar-refractivity contribution in [3.8, 4) is 0 Å². The third-order valence-corrected chi connectivity index (χ3v) is 7.77. The van der Waals surface area contributed by atoms with Gasteiger partial charge < -0.3 is 24.4 Å². The molecule has 3 heterocycles. The molecule has 3 atom stereocenters. The van der Waals surface area contributed by atoms with Gasteiger partial charge in [-0.15, -0.1) is 0 Å². The van der Waals surface area contributed by atoms with Crippen LogP contribution in [0.25, 0.3) is 10.9 Å². The van der Waals surface area contributed by atoms with Gasteiger partial charge in [-0.25, -0.2) is 4.79 Å². The normalized spacial score (nSPS) is 27.8. The number of piperazine rings is 1. The van der Waals surface area contributed by atoms with E-state index in [9.17, 15) is 4.79 Å². The molecule has 2 aliphatic heterocycles. The van der Waals surface area contributed by atoms with Crippen LogP contribution in [-0.2, 0) is 11.2 Å². The van der Waals surface area contributed by atoms with Gasteiger partial charge >= 0.3 is 6.09 Å². The van der Waals surface area contributed by atoms with Crippen molar-refractivity contribution in [1.82, 2.24) is 19.7 Å². The topological polar surface area (TPSA) is 51.8 Å². The largest absolute Gasteiger partial charge is 0.449 e. The molecule has 29 heavy (non-hydrogen) atoms. The molecule has 5 rings (SSSR count). The summed E-state index contributed by atoms with van der Waals surface area (Å²) in [6.45, 7) is 4.85. The van der Waals surface area contributed by atoms with Crippen LogP contribution < -0.4 is 0 Å². The molecule has 7 heteroatoms. The molecular formula is C22H29BrN4O2. The Labute approximate surface area is 180 Å². The fraction of sp³-hybridized carbons (Fsp3) is 0.591. The summed E-state index contributed by atoms with van der Waals surface area (Å²) in [7, 11) is 4.31. The molecular weight excluding hydrogens is 432 g/mol. The number of hydrogen-bond acceptors (Lipinski definition) is 4. The Balaban J connectivity index is 1.30. The van der Waals surface area contributed by atoms with E-state index in [4.69, 9.17) is 4.74 Å². The van der Waals surface area contributed by atoms with Crippen LogP contribution in [0.5, 0.6) is 0 Å². The fourth-order valence-electron chi connectivity index (χ4n) is 5.49. The number of aromatic amines is 1. The number of rotatable bonds is 2. The number of hydrogen-bond donors (Lipinski definition) is 1. The van der Waals surface area contributed by atoms with E-state index in [0.29, 0.717) is 24.5 Å². The summed E-state index contributed by atoms with van der Waals surface area (Å²) in [5, 5.41) is 1.39. The lowest BCUT2D eigenvalue weighted by atomic mass is 9.72. The smallest absolute Gasteiger partial charge is 0.409 e. The van der Waals surface area contributed by atoms with E-state index in [2.05, 4.69) is 63.0 Å². The van der Waals surface area contributed by atoms with Crippen molar-refractivity contribution in [2.75, 3.05) is 53.4 Å². The number of nitrogens with one attached hydrogen (secondary N) is 1. The molecule has 6 nitrogen and oxygen atoms in total. The lowest BCUT2D eigenvalue weighted by molar-refractivity contribution is 0.0399. The number of fused-ring (bicyclic) bond motifs is 2. The minimum absolute atomic E-state index is 0.148. The first-order valence-corrected chi connectivity index (χ1v) is 11.4. The van der Waals surface area contributed by atoms with Gasteiger partial charge in [0.1, 0.15) is 0 Å². The van der Waals surface area contributed by atoms with E-state index in [0.717, 1.165) is 50.2 Å². The average molecular weight is 461 g/mol. The van der Waals surface area contributed by atoms with Gasteiger partial charge in [-0.1, -0.05) is 12.1 Å². The number of carbonyl (C=O) groups is 1. The second-order valence-electron chi connectivity index (χ2n) is 8.97. The number of aromatic nitrogens is 1. The molecule has 1 N–H and O–H groups in total. The third-order valence-electron chi connectivity index (χ3n) is 7.09. The van der Waals surface area contributed by atoms with Crippen molar-refractivity contribution in [1.29, 1.82) is 0 Å². The molecule has 0 radical (unpaired) electrons. The Morgan fingerprint density at radius 3 is 2.83 bits per heavy atom. The maximum atomic E-state index is 12.5. The quantitative estimate of drug-likeness (QED) is 0.746. The number of carbonyl (C=O) groups excluding carboxylic acids is 1. The van der Waals surface area contributed by atoms with Crippen LogP contribution in [0.15, 0.2) is 22.8 Å². The minimum Gasteiger partial charge on any atom is -0.449 e. The van der Waals surface area contributed by atoms with Crippen LogP contribution in [0.2, 0.25) is 0 Å². The first kappa shape index (κ1) is 19.4. The van der Waals surface area contributed by atoms with Crippen LogP contribution in [0.3, 0.4) is 0 Å². The summed E-state index contributed by atoms with van der Waals surface area (Å²) in [6, 6.07) is 7.11. The molecule has 0 spiro atoms. The zero-order valence-corrected chi connectivity index (χ0v) is 18.7. The van der Waals surface area contributed by atoms with Gasteiger partial charge in [-0.3, -0.25) is 0 Å². The number of ether oxygens (including phenoxy) is 1. The van der Waals surface area contributed by atoms with Gasteiger partial charge in [-0.05, 0) is 60.1 Å². The molecule has 1 aliphatic carbocycles. The number of halogens is 1. The van der Waals surface area contributed by atoms with E-state index < -0.39 is 0 Å². The summed E-state index contributed by atoms with van der Waals surface area (Å²) >= 11 is 3.73. The first-order chi connectivity index (χ1) is 14.0. The number of nitrogens with zero attached hydrogens (tertiary/aromatic N) is 3. The van der Waals surface area contributed by atoms with Gasteiger partial charge in [0.05, 0.1) is 11.2 Å². The molecule has 2 saturated heterocycles. The predicted octanol–water partition coefficient (Wildman–Crippen LogP) is 3.27. The minimum atomic E-state index is -0.148. The van der Waals surface area contributed by atoms with Gasteiger partial charge in [-0.2, -0.15) is 0 Å². The third kappa shape index (κ3) is 3.47. The molecule has 2 fully saturated rings. The molecule has 3 aliphatic rings. The number of piperidine rings is 1. The van der Waals surface area contributed by atoms with E-state index in [1.54, 1.807) is 0 Å². The number of likely N-dealkylation sites (tertiary alicyclic amines) is 1. The number of H-pyrrole nitrogens is 1. The SMILES string of the molecule is CN1CCN(C(=O)OC[C@@H]2CC3c4cccc5[nH]c(Br)c(c45)C[C@H]3N(C)C2)CC1. The molecule has 1 aromatic heterocycles. The van der Waals surface area contributed by atoms with Gasteiger partial charge in [0.15, 0.2) is 0 Å². The Hall–Kier alpha value is -1.57. The van der Waals surface area contributed by atoms with Crippen LogP contribution in [0.4, 0.5) is 4.79 Å². The number of amides is 1. The second-order valence-corrected chi connectivity index (χ2v) is 9.77. The van der Waals surface area contributed by atoms with Crippen LogP contribution in [0, 0.1) is 5.92 Å². The van der Waals surface area contributed by atoms with E-state index in [-0.39, 0.29) is 6.09 Å². The number of benzene rings is 1. The highest BCUT2D eigenvalue weighted by molar-refractivity contribution is 9.10. The van der Waals surface area contributed by atoms with Crippen molar-refractivity contribution in [3.05, 3.63) is 33.9 Å². The summed E-state index contributed by atoms with van der Waals surface area (Å²) in [5.41, 5.74) is 4.07. The summed E-state index contributed by atoms with van der Waals surface area (Å²) in [6.07, 6.45) is 1.99. The Morgan fingerprint density at radius 2 is 2.03 bits per heavy atom. The maximum Gasteiger partial charge on any atom is 0.409 e. The van der Waals surface area contributed by atoms with Gasteiger partial charge in [0, 0.05) is 61.5 Å². The van der Waals surface area contributed by atoms with Crippen LogP contribution in [0.1, 0.15) is 23.5 Å². The van der Waals surface area contributed by atoms with Crippen molar-refractivity contribution in [2.45, 2.75) is 24.8 Å². The highest BCUT2D eigenvalue weighted by atomic mass is 79.9. The molecule has 1 aromatic carbocycles. The summed E-state index contributed by atoms with van der Waals surface area (Å²) in [4.78, 5) is 22.6. The van der Waals surface area contributed by atoms with Gasteiger partial charge in [0.2, 0.25) is 0 Å². The van der Waals surface area contributed by atoms with Crippen molar-refractivity contribution in [3.63, 3.8) is 0 Å². The van der Waals surface area contributed by atoms with Crippen LogP contribution >= 0.6 is 15.9 Å². The van der Waals surface area contributed by atoms with Crippen molar-refractivity contribution < 1.29 is 9.53 Å². The lowest BCUT2D eigenvalue weighted by Crippen LogP contribution is -2.50. The maximum absolute atomic E-state index is 12.5. The zero-order valence-electron chi connectivity index (χ0n) is 17.2. The Kier molecular flexibility index (Phi) is 5.08. The average Bonchev–Trinajstić information content (AvgIpc) is 3.04. The highest BCUT2D eigenvalue weighted by Gasteiger charge is 2.40.